The van der Waals surface area contributed by atoms with E-state index in [1.54, 1.807) is 6.20 Å². The summed E-state index contributed by atoms with van der Waals surface area (Å²) in [6, 6.07) is 13.9. The third-order valence-corrected chi connectivity index (χ3v) is 4.92. The molecule has 0 amide bonds. The molecule has 100 valence electrons. The maximum absolute atomic E-state index is 6.42. The zero-order valence-electron chi connectivity index (χ0n) is 10.6. The van der Waals surface area contributed by atoms with Crippen LogP contribution in [0, 0.1) is 3.57 Å². The van der Waals surface area contributed by atoms with Crippen molar-refractivity contribution in [1.82, 2.24) is 4.98 Å². The molecular weight excluding hydrogens is 383 g/mol. The molecule has 1 atom stereocenters. The Morgan fingerprint density at radius 3 is 2.80 bits per heavy atom. The SMILES string of the molecule is NC(c1ccc(I)c(Cl)c1)c1cccc2cnccc12. The number of pyridine rings is 1. The predicted octanol–water partition coefficient (Wildman–Crippen LogP) is 4.54. The van der Waals surface area contributed by atoms with Gasteiger partial charge in [-0.05, 0) is 57.3 Å². The van der Waals surface area contributed by atoms with E-state index in [9.17, 15) is 0 Å². The van der Waals surface area contributed by atoms with Crippen molar-refractivity contribution in [3.63, 3.8) is 0 Å². The van der Waals surface area contributed by atoms with Gasteiger partial charge in [-0.1, -0.05) is 35.9 Å². The lowest BCUT2D eigenvalue weighted by Crippen LogP contribution is -2.12. The van der Waals surface area contributed by atoms with E-state index in [0.717, 1.165) is 30.5 Å². The number of hydrogen-bond donors (Lipinski definition) is 1. The van der Waals surface area contributed by atoms with E-state index < -0.39 is 0 Å². The van der Waals surface area contributed by atoms with Crippen LogP contribution in [0.15, 0.2) is 54.9 Å². The Balaban J connectivity index is 2.12. The van der Waals surface area contributed by atoms with Crippen molar-refractivity contribution in [2.75, 3.05) is 0 Å². The molecule has 1 heterocycles. The Kier molecular flexibility index (Phi) is 3.92. The molecule has 2 N–H and O–H groups in total. The molecule has 0 aliphatic carbocycles. The average Bonchev–Trinajstić information content (AvgIpc) is 2.49. The highest BCUT2D eigenvalue weighted by molar-refractivity contribution is 14.1. The van der Waals surface area contributed by atoms with Crippen LogP contribution in [0.25, 0.3) is 10.8 Å². The number of nitrogens with zero attached hydrogens (tertiary/aromatic N) is 1. The van der Waals surface area contributed by atoms with Crippen LogP contribution in [0.5, 0.6) is 0 Å². The lowest BCUT2D eigenvalue weighted by Gasteiger charge is -2.15. The lowest BCUT2D eigenvalue weighted by atomic mass is 9.95. The van der Waals surface area contributed by atoms with Gasteiger partial charge >= 0.3 is 0 Å². The minimum Gasteiger partial charge on any atom is -0.320 e. The largest absolute Gasteiger partial charge is 0.320 e. The van der Waals surface area contributed by atoms with Gasteiger partial charge < -0.3 is 5.73 Å². The summed E-state index contributed by atoms with van der Waals surface area (Å²) in [5.74, 6) is 0. The molecule has 0 fully saturated rings. The van der Waals surface area contributed by atoms with Crippen LogP contribution in [-0.4, -0.2) is 4.98 Å². The van der Waals surface area contributed by atoms with Crippen molar-refractivity contribution in [3.05, 3.63) is 74.6 Å². The summed E-state index contributed by atoms with van der Waals surface area (Å²) >= 11 is 8.40. The van der Waals surface area contributed by atoms with Crippen molar-refractivity contribution >= 4 is 45.0 Å². The van der Waals surface area contributed by atoms with Gasteiger partial charge in [0.1, 0.15) is 0 Å². The number of fused-ring (bicyclic) bond motifs is 1. The standard InChI is InChI=1S/C16H12ClIN2/c17-14-8-10(4-5-15(14)18)16(19)13-3-1-2-11-9-20-7-6-12(11)13/h1-9,16H,19H2. The first kappa shape index (κ1) is 13.8. The van der Waals surface area contributed by atoms with Crippen molar-refractivity contribution in [2.45, 2.75) is 6.04 Å². The lowest BCUT2D eigenvalue weighted by molar-refractivity contribution is 0.880. The number of rotatable bonds is 2. The molecule has 1 aromatic heterocycles. The van der Waals surface area contributed by atoms with E-state index in [1.807, 2.05) is 42.6 Å². The topological polar surface area (TPSA) is 38.9 Å². The van der Waals surface area contributed by atoms with Gasteiger partial charge in [-0.25, -0.2) is 0 Å². The van der Waals surface area contributed by atoms with Gasteiger partial charge in [0.2, 0.25) is 0 Å². The fourth-order valence-corrected chi connectivity index (χ4v) is 2.83. The van der Waals surface area contributed by atoms with Gasteiger partial charge in [-0.3, -0.25) is 4.98 Å². The van der Waals surface area contributed by atoms with Gasteiger partial charge in [0.25, 0.3) is 0 Å². The first-order valence-corrected chi connectivity index (χ1v) is 7.65. The zero-order chi connectivity index (χ0) is 14.1. The van der Waals surface area contributed by atoms with Gasteiger partial charge in [-0.15, -0.1) is 0 Å². The molecule has 20 heavy (non-hydrogen) atoms. The molecule has 1 unspecified atom stereocenters. The van der Waals surface area contributed by atoms with E-state index >= 15 is 0 Å². The Morgan fingerprint density at radius 2 is 2.00 bits per heavy atom. The van der Waals surface area contributed by atoms with Crippen LogP contribution < -0.4 is 5.73 Å². The predicted molar refractivity (Wildman–Crippen MR) is 91.9 cm³/mol. The second-order valence-corrected chi connectivity index (χ2v) is 6.16. The number of nitrogens with two attached hydrogens (primary N) is 1. The first-order chi connectivity index (χ1) is 9.66. The Morgan fingerprint density at radius 1 is 1.15 bits per heavy atom. The molecule has 0 aliphatic heterocycles. The second kappa shape index (κ2) is 5.68. The summed E-state index contributed by atoms with van der Waals surface area (Å²) in [6.45, 7) is 0. The smallest absolute Gasteiger partial charge is 0.0558 e. The van der Waals surface area contributed by atoms with Crippen molar-refractivity contribution in [2.24, 2.45) is 5.73 Å². The van der Waals surface area contributed by atoms with Gasteiger partial charge in [0.15, 0.2) is 0 Å². The first-order valence-electron chi connectivity index (χ1n) is 6.20. The van der Waals surface area contributed by atoms with Crippen LogP contribution in [0.4, 0.5) is 0 Å². The maximum atomic E-state index is 6.42. The highest BCUT2D eigenvalue weighted by Crippen LogP contribution is 2.29. The van der Waals surface area contributed by atoms with Gasteiger partial charge in [-0.2, -0.15) is 0 Å². The molecule has 3 rings (SSSR count). The number of benzene rings is 2. The van der Waals surface area contributed by atoms with E-state index in [0.29, 0.717) is 0 Å². The Bertz CT molecular complexity index is 768. The fraction of sp³-hybridized carbons (Fsp3) is 0.0625. The van der Waals surface area contributed by atoms with E-state index in [4.69, 9.17) is 17.3 Å². The van der Waals surface area contributed by atoms with Crippen molar-refractivity contribution in [1.29, 1.82) is 0 Å². The Labute approximate surface area is 136 Å². The fourth-order valence-electron chi connectivity index (χ4n) is 2.30. The van der Waals surface area contributed by atoms with Crippen LogP contribution >= 0.6 is 34.2 Å². The molecule has 2 nitrogen and oxygen atoms in total. The third-order valence-electron chi connectivity index (χ3n) is 3.35. The van der Waals surface area contributed by atoms with Gasteiger partial charge in [0.05, 0.1) is 11.1 Å². The summed E-state index contributed by atoms with van der Waals surface area (Å²) in [5, 5.41) is 2.96. The second-order valence-electron chi connectivity index (χ2n) is 4.60. The summed E-state index contributed by atoms with van der Waals surface area (Å²) in [4.78, 5) is 4.15. The summed E-state index contributed by atoms with van der Waals surface area (Å²) in [5.41, 5.74) is 8.52. The third kappa shape index (κ3) is 2.53. The zero-order valence-corrected chi connectivity index (χ0v) is 13.5. The number of hydrogen-bond acceptors (Lipinski definition) is 2. The van der Waals surface area contributed by atoms with E-state index in [-0.39, 0.29) is 6.04 Å². The van der Waals surface area contributed by atoms with Crippen LogP contribution in [0.1, 0.15) is 17.2 Å². The van der Waals surface area contributed by atoms with E-state index in [2.05, 4.69) is 33.6 Å². The maximum Gasteiger partial charge on any atom is 0.0558 e. The van der Waals surface area contributed by atoms with Crippen LogP contribution in [-0.2, 0) is 0 Å². The molecule has 2 aromatic carbocycles. The molecule has 0 saturated carbocycles. The molecule has 0 saturated heterocycles. The van der Waals surface area contributed by atoms with Crippen molar-refractivity contribution in [3.8, 4) is 0 Å². The van der Waals surface area contributed by atoms with E-state index in [1.165, 1.54) is 0 Å². The average molecular weight is 395 g/mol. The van der Waals surface area contributed by atoms with Crippen LogP contribution in [0.2, 0.25) is 5.02 Å². The molecule has 4 heteroatoms. The molecule has 0 spiro atoms. The summed E-state index contributed by atoms with van der Waals surface area (Å²) in [6.07, 6.45) is 3.64. The summed E-state index contributed by atoms with van der Waals surface area (Å²) < 4.78 is 1.03. The van der Waals surface area contributed by atoms with Crippen molar-refractivity contribution < 1.29 is 0 Å². The van der Waals surface area contributed by atoms with Crippen LogP contribution in [0.3, 0.4) is 0 Å². The minimum atomic E-state index is -0.199. The molecule has 0 aliphatic rings. The minimum absolute atomic E-state index is 0.199. The Hall–Kier alpha value is -1.17. The molecule has 0 radical (unpaired) electrons. The molecular formula is C16H12ClIN2. The highest BCUT2D eigenvalue weighted by Gasteiger charge is 2.13. The number of aromatic nitrogens is 1. The van der Waals surface area contributed by atoms with Gasteiger partial charge in [0, 0.05) is 21.4 Å². The molecule has 0 bridgehead atoms. The monoisotopic (exact) mass is 394 g/mol. The molecule has 3 aromatic rings. The number of halogens is 2. The quantitative estimate of drug-likeness (QED) is 0.648. The normalized spacial score (nSPS) is 12.6. The summed E-state index contributed by atoms with van der Waals surface area (Å²) in [7, 11) is 0. The highest BCUT2D eigenvalue weighted by atomic mass is 127.